The van der Waals surface area contributed by atoms with Crippen molar-refractivity contribution in [2.24, 2.45) is 0 Å². The summed E-state index contributed by atoms with van der Waals surface area (Å²) in [5, 5.41) is 0.984. The molecule has 1 fully saturated rings. The van der Waals surface area contributed by atoms with Crippen LogP contribution < -0.4 is 5.69 Å². The summed E-state index contributed by atoms with van der Waals surface area (Å²) >= 11 is 1.58. The van der Waals surface area contributed by atoms with Gasteiger partial charge >= 0.3 is 5.69 Å². The van der Waals surface area contributed by atoms with E-state index in [1.807, 2.05) is 6.26 Å². The Balaban J connectivity index is 2.45. The first-order valence-corrected chi connectivity index (χ1v) is 5.17. The number of rotatable bonds is 2. The number of hydrogen-bond acceptors (Lipinski definition) is 3. The molecule has 0 unspecified atom stereocenters. The lowest BCUT2D eigenvalue weighted by atomic mass is 10.2. The van der Waals surface area contributed by atoms with Crippen molar-refractivity contribution in [3.8, 4) is 0 Å². The zero-order chi connectivity index (χ0) is 8.55. The zero-order valence-corrected chi connectivity index (χ0v) is 7.65. The van der Waals surface area contributed by atoms with E-state index < -0.39 is 0 Å². The molecule has 1 aliphatic rings. The first kappa shape index (κ1) is 7.86. The second kappa shape index (κ2) is 2.94. The molecule has 12 heavy (non-hydrogen) atoms. The summed E-state index contributed by atoms with van der Waals surface area (Å²) in [7, 11) is 0. The van der Waals surface area contributed by atoms with Crippen LogP contribution in [0.3, 0.4) is 0 Å². The van der Waals surface area contributed by atoms with E-state index in [0.29, 0.717) is 5.92 Å². The number of aromatic nitrogens is 2. The fourth-order valence-corrected chi connectivity index (χ4v) is 1.89. The topological polar surface area (TPSA) is 45.8 Å². The van der Waals surface area contributed by atoms with E-state index in [1.165, 1.54) is 18.4 Å². The largest absolute Gasteiger partial charge is 0.345 e. The predicted molar refractivity (Wildman–Crippen MR) is 48.6 cm³/mol. The van der Waals surface area contributed by atoms with E-state index in [1.54, 1.807) is 18.0 Å². The molecule has 0 radical (unpaired) electrons. The third-order valence-corrected chi connectivity index (χ3v) is 2.77. The fraction of sp³-hybridized carbons (Fsp3) is 0.500. The van der Waals surface area contributed by atoms with Gasteiger partial charge in [-0.3, -0.25) is 0 Å². The van der Waals surface area contributed by atoms with Crippen molar-refractivity contribution in [2.75, 3.05) is 6.26 Å². The molecule has 2 rings (SSSR count). The summed E-state index contributed by atoms with van der Waals surface area (Å²) in [6, 6.07) is 0. The van der Waals surface area contributed by atoms with E-state index in [2.05, 4.69) is 9.97 Å². The van der Waals surface area contributed by atoms with Crippen LogP contribution in [-0.4, -0.2) is 16.2 Å². The third kappa shape index (κ3) is 1.39. The van der Waals surface area contributed by atoms with Crippen molar-refractivity contribution >= 4 is 11.8 Å². The minimum absolute atomic E-state index is 0.247. The van der Waals surface area contributed by atoms with E-state index >= 15 is 0 Å². The van der Waals surface area contributed by atoms with Crippen molar-refractivity contribution in [1.29, 1.82) is 0 Å². The van der Waals surface area contributed by atoms with Gasteiger partial charge in [0.05, 0.1) is 5.03 Å². The first-order valence-electron chi connectivity index (χ1n) is 3.94. The van der Waals surface area contributed by atoms with Crippen LogP contribution in [0.5, 0.6) is 0 Å². The summed E-state index contributed by atoms with van der Waals surface area (Å²) in [5.41, 5.74) is 0.964. The second-order valence-electron chi connectivity index (χ2n) is 2.95. The molecule has 1 aromatic heterocycles. The van der Waals surface area contributed by atoms with Gasteiger partial charge in [-0.25, -0.2) is 9.78 Å². The number of thioether (sulfide) groups is 1. The summed E-state index contributed by atoms with van der Waals surface area (Å²) in [5.74, 6) is 0.650. The highest BCUT2D eigenvalue weighted by Gasteiger charge is 2.26. The molecule has 0 amide bonds. The van der Waals surface area contributed by atoms with E-state index in [-0.39, 0.29) is 5.69 Å². The van der Waals surface area contributed by atoms with Crippen LogP contribution in [0.1, 0.15) is 24.3 Å². The molecule has 1 aliphatic carbocycles. The first-order chi connectivity index (χ1) is 5.81. The maximum absolute atomic E-state index is 10.9. The van der Waals surface area contributed by atoms with Crippen LogP contribution in [0, 0.1) is 0 Å². The van der Waals surface area contributed by atoms with Crippen LogP contribution in [0.2, 0.25) is 0 Å². The molecule has 1 N–H and O–H groups in total. The summed E-state index contributed by atoms with van der Waals surface area (Å²) in [4.78, 5) is 17.3. The lowest BCUT2D eigenvalue weighted by Gasteiger charge is -2.02. The number of H-pyrrole nitrogens is 1. The molecule has 3 nitrogen and oxygen atoms in total. The van der Waals surface area contributed by atoms with Crippen LogP contribution in [0.4, 0.5) is 0 Å². The van der Waals surface area contributed by atoms with Gasteiger partial charge in [0.1, 0.15) is 0 Å². The molecule has 0 bridgehead atoms. The molecule has 0 aliphatic heterocycles. The number of aromatic amines is 1. The minimum atomic E-state index is -0.247. The predicted octanol–water partition coefficient (Wildman–Crippen LogP) is 1.37. The van der Waals surface area contributed by atoms with Gasteiger partial charge < -0.3 is 4.98 Å². The number of nitrogens with zero attached hydrogens (tertiary/aromatic N) is 1. The normalized spacial score (nSPS) is 16.4. The highest BCUT2D eigenvalue weighted by Crippen LogP contribution is 2.42. The van der Waals surface area contributed by atoms with Crippen LogP contribution in [0.25, 0.3) is 0 Å². The Kier molecular flexibility index (Phi) is 1.92. The Morgan fingerprint density at radius 1 is 1.67 bits per heavy atom. The van der Waals surface area contributed by atoms with Crippen molar-refractivity contribution in [2.45, 2.75) is 23.8 Å². The van der Waals surface area contributed by atoms with Crippen LogP contribution >= 0.6 is 11.8 Å². The maximum atomic E-state index is 10.9. The summed E-state index contributed by atoms with van der Waals surface area (Å²) in [6.45, 7) is 0. The van der Waals surface area contributed by atoms with E-state index in [0.717, 1.165) is 5.03 Å². The number of hydrogen-bond donors (Lipinski definition) is 1. The molecule has 0 aromatic carbocycles. The van der Waals surface area contributed by atoms with Gasteiger partial charge in [-0.05, 0) is 25.0 Å². The molecular weight excluding hydrogens is 172 g/mol. The fourth-order valence-electron chi connectivity index (χ4n) is 1.24. The van der Waals surface area contributed by atoms with Gasteiger partial charge in [0.15, 0.2) is 0 Å². The summed E-state index contributed by atoms with van der Waals surface area (Å²) < 4.78 is 0. The second-order valence-corrected chi connectivity index (χ2v) is 3.77. The van der Waals surface area contributed by atoms with E-state index in [9.17, 15) is 4.79 Å². The van der Waals surface area contributed by atoms with Gasteiger partial charge in [0.2, 0.25) is 0 Å². The van der Waals surface area contributed by atoms with Crippen molar-refractivity contribution < 1.29 is 0 Å². The molecule has 1 saturated carbocycles. The quantitative estimate of drug-likeness (QED) is 0.555. The van der Waals surface area contributed by atoms with Crippen LogP contribution in [0.15, 0.2) is 16.0 Å². The van der Waals surface area contributed by atoms with Crippen molar-refractivity contribution in [1.82, 2.24) is 9.97 Å². The molecule has 0 spiro atoms. The van der Waals surface area contributed by atoms with Gasteiger partial charge in [0.25, 0.3) is 0 Å². The average molecular weight is 182 g/mol. The number of nitrogens with one attached hydrogen (secondary N) is 1. The molecule has 1 heterocycles. The Morgan fingerprint density at radius 2 is 2.42 bits per heavy atom. The van der Waals surface area contributed by atoms with Gasteiger partial charge in [-0.2, -0.15) is 0 Å². The Labute approximate surface area is 74.6 Å². The van der Waals surface area contributed by atoms with Crippen molar-refractivity contribution in [3.05, 3.63) is 22.2 Å². The molecule has 0 atom stereocenters. The maximum Gasteiger partial charge on any atom is 0.345 e. The van der Waals surface area contributed by atoms with Gasteiger partial charge in [-0.15, -0.1) is 11.8 Å². The third-order valence-electron chi connectivity index (χ3n) is 2.02. The summed E-state index contributed by atoms with van der Waals surface area (Å²) in [6.07, 6.45) is 6.15. The lowest BCUT2D eigenvalue weighted by Crippen LogP contribution is -2.11. The van der Waals surface area contributed by atoms with Crippen LogP contribution in [-0.2, 0) is 0 Å². The zero-order valence-electron chi connectivity index (χ0n) is 6.83. The average Bonchev–Trinajstić information content (AvgIpc) is 2.87. The highest BCUT2D eigenvalue weighted by molar-refractivity contribution is 7.98. The molecule has 64 valence electrons. The van der Waals surface area contributed by atoms with E-state index in [4.69, 9.17) is 0 Å². The SMILES string of the molecule is CSc1[nH]c(=O)ncc1C1CC1. The minimum Gasteiger partial charge on any atom is -0.300 e. The smallest absolute Gasteiger partial charge is 0.300 e. The van der Waals surface area contributed by atoms with Gasteiger partial charge in [0, 0.05) is 11.8 Å². The Bertz CT molecular complexity index is 343. The lowest BCUT2D eigenvalue weighted by molar-refractivity contribution is 0.899. The molecule has 0 saturated heterocycles. The Morgan fingerprint density at radius 3 is 3.00 bits per heavy atom. The molecule has 1 aromatic rings. The van der Waals surface area contributed by atoms with Crippen molar-refractivity contribution in [3.63, 3.8) is 0 Å². The van der Waals surface area contributed by atoms with Gasteiger partial charge in [-0.1, -0.05) is 0 Å². The Hall–Kier alpha value is -0.770. The molecule has 4 heteroatoms. The monoisotopic (exact) mass is 182 g/mol. The standard InChI is InChI=1S/C8H10N2OS/c1-12-7-6(5-2-3-5)4-9-8(11)10-7/h4-5H,2-3H2,1H3,(H,9,10,11). The highest BCUT2D eigenvalue weighted by atomic mass is 32.2. The molecular formula is C8H10N2OS.